The van der Waals surface area contributed by atoms with Gasteiger partial charge in [-0.2, -0.15) is 0 Å². The Kier molecular flexibility index (Phi) is 4.11. The van der Waals surface area contributed by atoms with Gasteiger partial charge in [0, 0.05) is 5.39 Å². The van der Waals surface area contributed by atoms with E-state index >= 15 is 0 Å². The second-order valence-corrected chi connectivity index (χ2v) is 5.73. The van der Waals surface area contributed by atoms with E-state index in [9.17, 15) is 19.5 Å². The van der Waals surface area contributed by atoms with E-state index in [1.54, 1.807) is 24.3 Å². The molecule has 1 aromatic heterocycles. The molecular formula is C16H17N3O5. The first-order chi connectivity index (χ1) is 11.5. The van der Waals surface area contributed by atoms with Gasteiger partial charge in [0.05, 0.1) is 12.1 Å². The minimum Gasteiger partial charge on any atom is -0.506 e. The highest BCUT2D eigenvalue weighted by molar-refractivity contribution is 6.03. The number of nitrogens with two attached hydrogens (primary N) is 1. The Labute approximate surface area is 136 Å². The second-order valence-electron chi connectivity index (χ2n) is 5.73. The monoisotopic (exact) mass is 331 g/mol. The topological polar surface area (TPSA) is 124 Å². The van der Waals surface area contributed by atoms with Crippen molar-refractivity contribution in [3.05, 3.63) is 40.2 Å². The van der Waals surface area contributed by atoms with Crippen LogP contribution in [0, 0.1) is 5.92 Å². The van der Waals surface area contributed by atoms with Crippen LogP contribution < -0.4 is 21.4 Å². The summed E-state index contributed by atoms with van der Waals surface area (Å²) in [5.41, 5.74) is 4.08. The van der Waals surface area contributed by atoms with Crippen LogP contribution in [0.25, 0.3) is 10.9 Å². The zero-order chi connectivity index (χ0) is 17.3. The Hall–Kier alpha value is -3.03. The van der Waals surface area contributed by atoms with E-state index in [0.29, 0.717) is 23.4 Å². The number of pyridine rings is 1. The third kappa shape index (κ3) is 3.03. The van der Waals surface area contributed by atoms with E-state index in [4.69, 9.17) is 10.6 Å². The molecule has 1 saturated carbocycles. The average Bonchev–Trinajstić information content (AvgIpc) is 3.37. The van der Waals surface area contributed by atoms with Crippen molar-refractivity contribution in [3.63, 3.8) is 0 Å². The number of benzene rings is 1. The Morgan fingerprint density at radius 2 is 2.04 bits per heavy atom. The fourth-order valence-electron chi connectivity index (χ4n) is 2.35. The number of para-hydroxylation sites is 1. The molecule has 2 amide bonds. The lowest BCUT2D eigenvalue weighted by atomic mass is 10.1. The maximum absolute atomic E-state index is 12.6. The van der Waals surface area contributed by atoms with Gasteiger partial charge in [-0.25, -0.2) is 0 Å². The number of amides is 2. The summed E-state index contributed by atoms with van der Waals surface area (Å²) in [5, 5.41) is 12.8. The van der Waals surface area contributed by atoms with E-state index in [2.05, 4.69) is 5.32 Å². The molecule has 4 N–H and O–H groups in total. The Morgan fingerprint density at radius 1 is 1.33 bits per heavy atom. The van der Waals surface area contributed by atoms with Crippen LogP contribution in [0.5, 0.6) is 5.75 Å². The lowest BCUT2D eigenvalue weighted by molar-refractivity contribution is -0.117. The van der Waals surface area contributed by atoms with E-state index < -0.39 is 35.2 Å². The summed E-state index contributed by atoms with van der Waals surface area (Å²) in [7, 11) is 0. The van der Waals surface area contributed by atoms with E-state index in [0.717, 1.165) is 17.6 Å². The molecule has 1 aliphatic rings. The van der Waals surface area contributed by atoms with Gasteiger partial charge in [0.25, 0.3) is 11.5 Å². The third-order valence-electron chi connectivity index (χ3n) is 3.80. The molecule has 8 heteroatoms. The van der Waals surface area contributed by atoms with Crippen molar-refractivity contribution in [1.82, 2.24) is 10.0 Å². The summed E-state index contributed by atoms with van der Waals surface area (Å²) in [5.74, 6) is -1.69. The second kappa shape index (κ2) is 6.23. The number of fused-ring (bicyclic) bond motifs is 1. The molecule has 24 heavy (non-hydrogen) atoms. The van der Waals surface area contributed by atoms with Crippen LogP contribution in [0.3, 0.4) is 0 Å². The van der Waals surface area contributed by atoms with Crippen LogP contribution in [0.1, 0.15) is 23.2 Å². The smallest absolute Gasteiger partial charge is 0.300 e. The molecule has 0 unspecified atom stereocenters. The van der Waals surface area contributed by atoms with Crippen LogP contribution in [-0.4, -0.2) is 34.8 Å². The molecule has 8 nitrogen and oxygen atoms in total. The molecule has 0 aliphatic heterocycles. The lowest BCUT2D eigenvalue weighted by Gasteiger charge is -2.15. The molecule has 0 atom stereocenters. The first-order valence-electron chi connectivity index (χ1n) is 7.55. The van der Waals surface area contributed by atoms with Crippen LogP contribution in [0.4, 0.5) is 0 Å². The van der Waals surface area contributed by atoms with E-state index in [1.807, 2.05) is 0 Å². The van der Waals surface area contributed by atoms with E-state index in [-0.39, 0.29) is 0 Å². The normalized spacial score (nSPS) is 13.7. The van der Waals surface area contributed by atoms with Gasteiger partial charge in [-0.15, -0.1) is 4.73 Å². The number of carbonyl (C=O) groups is 2. The van der Waals surface area contributed by atoms with Gasteiger partial charge in [0.1, 0.15) is 17.9 Å². The molecule has 1 heterocycles. The predicted molar refractivity (Wildman–Crippen MR) is 85.6 cm³/mol. The highest BCUT2D eigenvalue weighted by Gasteiger charge is 2.26. The number of rotatable bonds is 6. The van der Waals surface area contributed by atoms with Gasteiger partial charge in [-0.1, -0.05) is 12.1 Å². The molecule has 1 aliphatic carbocycles. The van der Waals surface area contributed by atoms with Crippen LogP contribution in [-0.2, 0) is 4.79 Å². The molecule has 1 fully saturated rings. The van der Waals surface area contributed by atoms with Crippen LogP contribution >= 0.6 is 0 Å². The molecule has 2 aromatic rings. The summed E-state index contributed by atoms with van der Waals surface area (Å²) in [4.78, 5) is 41.2. The fourth-order valence-corrected chi connectivity index (χ4v) is 2.35. The Balaban J connectivity index is 2.08. The van der Waals surface area contributed by atoms with Gasteiger partial charge in [0.2, 0.25) is 5.91 Å². The minimum atomic E-state index is -0.883. The average molecular weight is 331 g/mol. The number of nitrogens with zero attached hydrogens (tertiary/aromatic N) is 1. The highest BCUT2D eigenvalue weighted by atomic mass is 16.7. The fraction of sp³-hybridized carbons (Fsp3) is 0.312. The minimum absolute atomic E-state index is 0.303. The predicted octanol–water partition coefficient (Wildman–Crippen LogP) is -0.239. The maximum atomic E-state index is 12.6. The van der Waals surface area contributed by atoms with Crippen molar-refractivity contribution >= 4 is 22.7 Å². The SMILES string of the molecule is NC(=O)CNC(=O)c1c(O)c2ccccc2n(OCC2CC2)c1=O. The first kappa shape index (κ1) is 15.9. The van der Waals surface area contributed by atoms with Crippen LogP contribution in [0.2, 0.25) is 0 Å². The lowest BCUT2D eigenvalue weighted by Crippen LogP contribution is -2.39. The first-order valence-corrected chi connectivity index (χ1v) is 7.55. The quantitative estimate of drug-likeness (QED) is 0.674. The number of aromatic hydroxyl groups is 1. The maximum Gasteiger partial charge on any atom is 0.300 e. The molecular weight excluding hydrogens is 314 g/mol. The summed E-state index contributed by atoms with van der Waals surface area (Å²) < 4.78 is 1.02. The summed E-state index contributed by atoms with van der Waals surface area (Å²) in [6.45, 7) is -0.0789. The molecule has 0 bridgehead atoms. The molecule has 126 valence electrons. The number of hydrogen-bond acceptors (Lipinski definition) is 5. The number of aromatic nitrogens is 1. The molecule has 0 saturated heterocycles. The molecule has 0 radical (unpaired) electrons. The number of nitrogens with one attached hydrogen (secondary N) is 1. The Bertz CT molecular complexity index is 870. The largest absolute Gasteiger partial charge is 0.506 e. The van der Waals surface area contributed by atoms with Gasteiger partial charge < -0.3 is 21.0 Å². The van der Waals surface area contributed by atoms with E-state index in [1.165, 1.54) is 0 Å². The number of hydrogen-bond donors (Lipinski definition) is 3. The molecule has 0 spiro atoms. The molecule has 1 aromatic carbocycles. The van der Waals surface area contributed by atoms with Crippen molar-refractivity contribution in [2.75, 3.05) is 13.2 Å². The van der Waals surface area contributed by atoms with Crippen molar-refractivity contribution in [2.24, 2.45) is 11.7 Å². The summed E-state index contributed by atoms with van der Waals surface area (Å²) in [6, 6.07) is 6.56. The van der Waals surface area contributed by atoms with Crippen molar-refractivity contribution in [3.8, 4) is 5.75 Å². The molecule has 3 rings (SSSR count). The number of primary amides is 1. The van der Waals surface area contributed by atoms with Crippen molar-refractivity contribution in [2.45, 2.75) is 12.8 Å². The van der Waals surface area contributed by atoms with Crippen molar-refractivity contribution in [1.29, 1.82) is 0 Å². The third-order valence-corrected chi connectivity index (χ3v) is 3.80. The highest BCUT2D eigenvalue weighted by Crippen LogP contribution is 2.29. The van der Waals surface area contributed by atoms with Crippen molar-refractivity contribution < 1.29 is 19.5 Å². The zero-order valence-corrected chi connectivity index (χ0v) is 12.8. The number of carbonyl (C=O) groups excluding carboxylic acids is 2. The van der Waals surface area contributed by atoms with Gasteiger partial charge >= 0.3 is 0 Å². The van der Waals surface area contributed by atoms with Gasteiger partial charge in [-0.3, -0.25) is 14.4 Å². The summed E-state index contributed by atoms with van der Waals surface area (Å²) in [6.07, 6.45) is 2.08. The van der Waals surface area contributed by atoms with Gasteiger partial charge in [0.15, 0.2) is 0 Å². The van der Waals surface area contributed by atoms with Gasteiger partial charge in [-0.05, 0) is 30.9 Å². The van der Waals surface area contributed by atoms with Crippen LogP contribution in [0.15, 0.2) is 29.1 Å². The summed E-state index contributed by atoms with van der Waals surface area (Å²) >= 11 is 0. The zero-order valence-electron chi connectivity index (χ0n) is 12.8. The standard InChI is InChI=1S/C16H17N3O5/c17-12(20)7-18-15(22)13-14(21)10-3-1-2-4-11(10)19(16(13)23)24-8-9-5-6-9/h1-4,9,21H,5-8H2,(H2,17,20)(H,18,22). The Morgan fingerprint density at radius 3 is 2.71 bits per heavy atom.